The van der Waals surface area contributed by atoms with Crippen LogP contribution in [0.15, 0.2) is 15.2 Å². The predicted molar refractivity (Wildman–Crippen MR) is 58.5 cm³/mol. The normalized spacial score (nSPS) is 25.6. The molecule has 3 nitrogen and oxygen atoms in total. The quantitative estimate of drug-likeness (QED) is 0.864. The molecule has 1 aliphatic carbocycles. The van der Waals surface area contributed by atoms with Gasteiger partial charge in [0.05, 0.1) is 15.5 Å². The maximum Gasteiger partial charge on any atom is 0.253 e. The van der Waals surface area contributed by atoms with Gasteiger partial charge in [-0.3, -0.25) is 4.79 Å². The molecule has 1 saturated carbocycles. The fourth-order valence-corrected chi connectivity index (χ4v) is 2.67. The van der Waals surface area contributed by atoms with Gasteiger partial charge < -0.3 is 10.4 Å². The van der Waals surface area contributed by atoms with E-state index < -0.39 is 0 Å². The number of aliphatic hydroxyl groups excluding tert-OH is 1. The van der Waals surface area contributed by atoms with Crippen LogP contribution in [0.5, 0.6) is 0 Å². The summed E-state index contributed by atoms with van der Waals surface area (Å²) in [7, 11) is 0. The SMILES string of the molecule is O=C(NC1CC(O)C1)c1ccsc1Br. The number of halogens is 1. The van der Waals surface area contributed by atoms with Crippen molar-refractivity contribution in [1.82, 2.24) is 5.32 Å². The van der Waals surface area contributed by atoms with Gasteiger partial charge in [0.1, 0.15) is 0 Å². The molecule has 1 aromatic heterocycles. The molecule has 0 atom stereocenters. The predicted octanol–water partition coefficient (Wildman–Crippen LogP) is 1.76. The monoisotopic (exact) mass is 275 g/mol. The molecule has 0 spiro atoms. The Balaban J connectivity index is 1.93. The Bertz CT molecular complexity index is 346. The lowest BCUT2D eigenvalue weighted by Crippen LogP contribution is -2.46. The molecule has 76 valence electrons. The van der Waals surface area contributed by atoms with E-state index in [4.69, 9.17) is 5.11 Å². The molecule has 5 heteroatoms. The van der Waals surface area contributed by atoms with Crippen LogP contribution in [0.25, 0.3) is 0 Å². The number of aliphatic hydroxyl groups is 1. The lowest BCUT2D eigenvalue weighted by molar-refractivity contribution is 0.0562. The van der Waals surface area contributed by atoms with Gasteiger partial charge in [-0.05, 0) is 40.2 Å². The highest BCUT2D eigenvalue weighted by atomic mass is 79.9. The van der Waals surface area contributed by atoms with Gasteiger partial charge in [-0.15, -0.1) is 11.3 Å². The largest absolute Gasteiger partial charge is 0.393 e. The number of nitrogens with one attached hydrogen (secondary N) is 1. The molecular weight excluding hydrogens is 266 g/mol. The Hall–Kier alpha value is -0.390. The molecule has 0 radical (unpaired) electrons. The van der Waals surface area contributed by atoms with Gasteiger partial charge in [0.15, 0.2) is 0 Å². The van der Waals surface area contributed by atoms with Crippen molar-refractivity contribution >= 4 is 33.2 Å². The van der Waals surface area contributed by atoms with E-state index in [2.05, 4.69) is 21.2 Å². The summed E-state index contributed by atoms with van der Waals surface area (Å²) < 4.78 is 0.856. The minimum Gasteiger partial charge on any atom is -0.393 e. The first-order chi connectivity index (χ1) is 6.66. The second kappa shape index (κ2) is 4.00. The van der Waals surface area contributed by atoms with Gasteiger partial charge in [-0.25, -0.2) is 0 Å². The number of carbonyl (C=O) groups excluding carboxylic acids is 1. The van der Waals surface area contributed by atoms with Crippen molar-refractivity contribution in [3.63, 3.8) is 0 Å². The van der Waals surface area contributed by atoms with E-state index in [1.54, 1.807) is 6.07 Å². The van der Waals surface area contributed by atoms with Crippen molar-refractivity contribution in [3.05, 3.63) is 20.8 Å². The van der Waals surface area contributed by atoms with Crippen LogP contribution in [0.4, 0.5) is 0 Å². The van der Waals surface area contributed by atoms with Crippen LogP contribution in [-0.4, -0.2) is 23.2 Å². The summed E-state index contributed by atoms with van der Waals surface area (Å²) in [5, 5.41) is 13.8. The maximum absolute atomic E-state index is 11.6. The average Bonchev–Trinajstić information content (AvgIpc) is 2.48. The third-order valence-corrected chi connectivity index (χ3v) is 4.00. The van der Waals surface area contributed by atoms with E-state index in [-0.39, 0.29) is 18.1 Å². The first-order valence-corrected chi connectivity index (χ1v) is 6.06. The molecule has 1 amide bonds. The topological polar surface area (TPSA) is 49.3 Å². The number of carbonyl (C=O) groups is 1. The maximum atomic E-state index is 11.6. The van der Waals surface area contributed by atoms with Crippen LogP contribution in [0, 0.1) is 0 Å². The van der Waals surface area contributed by atoms with E-state index in [0.29, 0.717) is 18.4 Å². The number of rotatable bonds is 2. The highest BCUT2D eigenvalue weighted by Crippen LogP contribution is 2.25. The summed E-state index contributed by atoms with van der Waals surface area (Å²) in [5.41, 5.74) is 0.677. The summed E-state index contributed by atoms with van der Waals surface area (Å²) >= 11 is 4.81. The first-order valence-electron chi connectivity index (χ1n) is 4.38. The van der Waals surface area contributed by atoms with Crippen LogP contribution < -0.4 is 5.32 Å². The Kier molecular flexibility index (Phi) is 2.90. The summed E-state index contributed by atoms with van der Waals surface area (Å²) in [5.74, 6) is -0.0602. The van der Waals surface area contributed by atoms with Gasteiger partial charge in [-0.2, -0.15) is 0 Å². The third kappa shape index (κ3) is 1.99. The lowest BCUT2D eigenvalue weighted by atomic mass is 9.89. The molecule has 1 heterocycles. The van der Waals surface area contributed by atoms with Gasteiger partial charge in [0.25, 0.3) is 5.91 Å². The Morgan fingerprint density at radius 1 is 1.64 bits per heavy atom. The number of amides is 1. The molecule has 2 rings (SSSR count). The summed E-state index contributed by atoms with van der Waals surface area (Å²) in [4.78, 5) is 11.6. The van der Waals surface area contributed by atoms with Crippen molar-refractivity contribution in [2.75, 3.05) is 0 Å². The fourth-order valence-electron chi connectivity index (χ4n) is 1.42. The average molecular weight is 276 g/mol. The zero-order valence-corrected chi connectivity index (χ0v) is 9.77. The van der Waals surface area contributed by atoms with Gasteiger partial charge in [-0.1, -0.05) is 0 Å². The highest BCUT2D eigenvalue weighted by Gasteiger charge is 2.29. The Labute approximate surface area is 94.3 Å². The minimum atomic E-state index is -0.230. The Morgan fingerprint density at radius 2 is 2.36 bits per heavy atom. The molecule has 2 N–H and O–H groups in total. The van der Waals surface area contributed by atoms with Crippen molar-refractivity contribution in [2.24, 2.45) is 0 Å². The van der Waals surface area contributed by atoms with Gasteiger partial charge in [0, 0.05) is 6.04 Å². The third-order valence-electron chi connectivity index (χ3n) is 2.31. The minimum absolute atomic E-state index is 0.0602. The molecule has 1 aliphatic rings. The number of hydrogen-bond acceptors (Lipinski definition) is 3. The summed E-state index contributed by atoms with van der Waals surface area (Å²) in [6, 6.07) is 1.93. The molecular formula is C9H10BrNO2S. The van der Waals surface area contributed by atoms with Crippen molar-refractivity contribution < 1.29 is 9.90 Å². The zero-order chi connectivity index (χ0) is 10.1. The van der Waals surface area contributed by atoms with Crippen molar-refractivity contribution in [1.29, 1.82) is 0 Å². The molecule has 0 aromatic carbocycles. The van der Waals surface area contributed by atoms with E-state index in [1.807, 2.05) is 5.38 Å². The summed E-state index contributed by atoms with van der Waals surface area (Å²) in [6.07, 6.45) is 1.12. The molecule has 0 unspecified atom stereocenters. The second-order valence-electron chi connectivity index (χ2n) is 3.40. The lowest BCUT2D eigenvalue weighted by Gasteiger charge is -2.31. The second-order valence-corrected chi connectivity index (χ2v) is 5.64. The van der Waals surface area contributed by atoms with E-state index >= 15 is 0 Å². The first kappa shape index (κ1) is 10.1. The van der Waals surface area contributed by atoms with Crippen LogP contribution in [0.3, 0.4) is 0 Å². The van der Waals surface area contributed by atoms with Crippen LogP contribution in [0.1, 0.15) is 23.2 Å². The zero-order valence-electron chi connectivity index (χ0n) is 7.37. The summed E-state index contributed by atoms with van der Waals surface area (Å²) in [6.45, 7) is 0. The van der Waals surface area contributed by atoms with Gasteiger partial charge >= 0.3 is 0 Å². The van der Waals surface area contributed by atoms with Crippen molar-refractivity contribution in [2.45, 2.75) is 25.0 Å². The van der Waals surface area contributed by atoms with E-state index in [1.165, 1.54) is 11.3 Å². The van der Waals surface area contributed by atoms with Crippen LogP contribution >= 0.6 is 27.3 Å². The fraction of sp³-hybridized carbons (Fsp3) is 0.444. The number of hydrogen-bond donors (Lipinski definition) is 2. The van der Waals surface area contributed by atoms with Crippen molar-refractivity contribution in [3.8, 4) is 0 Å². The molecule has 0 saturated heterocycles. The van der Waals surface area contributed by atoms with E-state index in [9.17, 15) is 4.79 Å². The van der Waals surface area contributed by atoms with Gasteiger partial charge in [0.2, 0.25) is 0 Å². The molecule has 14 heavy (non-hydrogen) atoms. The molecule has 0 bridgehead atoms. The van der Waals surface area contributed by atoms with Crippen LogP contribution in [-0.2, 0) is 0 Å². The molecule has 0 aliphatic heterocycles. The standard InChI is InChI=1S/C9H10BrNO2S/c10-8-7(1-2-14-8)9(13)11-5-3-6(12)4-5/h1-2,5-6,12H,3-4H2,(H,11,13). The Morgan fingerprint density at radius 3 is 2.86 bits per heavy atom. The highest BCUT2D eigenvalue weighted by molar-refractivity contribution is 9.11. The van der Waals surface area contributed by atoms with Crippen LogP contribution in [0.2, 0.25) is 0 Å². The smallest absolute Gasteiger partial charge is 0.253 e. The number of thiophene rings is 1. The molecule has 1 fully saturated rings. The molecule has 1 aromatic rings. The van der Waals surface area contributed by atoms with E-state index in [0.717, 1.165) is 3.79 Å².